The van der Waals surface area contributed by atoms with E-state index < -0.39 is 6.43 Å². The molecule has 0 spiro atoms. The molecular weight excluding hydrogens is 284 g/mol. The number of nitrogens with one attached hydrogen (secondary N) is 1. The van der Waals surface area contributed by atoms with Crippen LogP contribution in [0, 0.1) is 5.92 Å². The lowest BCUT2D eigenvalue weighted by Crippen LogP contribution is -2.53. The molecule has 0 heterocycles. The van der Waals surface area contributed by atoms with Crippen LogP contribution in [0.2, 0.25) is 0 Å². The highest BCUT2D eigenvalue weighted by Crippen LogP contribution is 2.53. The number of phenols is 1. The van der Waals surface area contributed by atoms with Gasteiger partial charge in [0.1, 0.15) is 5.75 Å². The summed E-state index contributed by atoms with van der Waals surface area (Å²) in [6.45, 7) is 2.19. The first kappa shape index (κ1) is 15.7. The molecule has 2 aliphatic carbocycles. The molecule has 122 valence electrons. The van der Waals surface area contributed by atoms with Crippen molar-refractivity contribution in [2.75, 3.05) is 7.05 Å². The van der Waals surface area contributed by atoms with Gasteiger partial charge < -0.3 is 10.4 Å². The summed E-state index contributed by atoms with van der Waals surface area (Å²) in [5.41, 5.74) is 1.91. The Hall–Kier alpha value is -1.16. The summed E-state index contributed by atoms with van der Waals surface area (Å²) in [5, 5.41) is 13.5. The molecule has 1 fully saturated rings. The molecule has 1 aromatic carbocycles. The van der Waals surface area contributed by atoms with Crippen LogP contribution in [0.25, 0.3) is 0 Å². The first-order valence-corrected chi connectivity index (χ1v) is 8.35. The minimum absolute atomic E-state index is 0.0254. The van der Waals surface area contributed by atoms with E-state index in [4.69, 9.17) is 0 Å². The van der Waals surface area contributed by atoms with Crippen molar-refractivity contribution in [2.24, 2.45) is 5.92 Å². The predicted molar refractivity (Wildman–Crippen MR) is 83.5 cm³/mol. The van der Waals surface area contributed by atoms with Gasteiger partial charge >= 0.3 is 0 Å². The summed E-state index contributed by atoms with van der Waals surface area (Å²) in [6, 6.07) is 3.52. The summed E-state index contributed by atoms with van der Waals surface area (Å²) in [5.74, 6) is 0.286. The number of phenolic OH excluding ortho intramolecular Hbond substituents is 1. The maximum Gasteiger partial charge on any atom is 0.267 e. The summed E-state index contributed by atoms with van der Waals surface area (Å²) in [6.07, 6.45) is 3.83. The lowest BCUT2D eigenvalue weighted by atomic mass is 9.54. The Bertz CT molecular complexity index is 560. The molecule has 4 heteroatoms. The average Bonchev–Trinajstić information content (AvgIpc) is 2.53. The van der Waals surface area contributed by atoms with Gasteiger partial charge in [-0.2, -0.15) is 0 Å². The number of hydrogen-bond donors (Lipinski definition) is 2. The van der Waals surface area contributed by atoms with Gasteiger partial charge in [-0.1, -0.05) is 19.8 Å². The summed E-state index contributed by atoms with van der Waals surface area (Å²) < 4.78 is 26.2. The van der Waals surface area contributed by atoms with Crippen molar-refractivity contribution in [1.29, 1.82) is 0 Å². The molecule has 2 nitrogen and oxygen atoms in total. The molecule has 0 amide bonds. The van der Waals surface area contributed by atoms with Gasteiger partial charge in [0, 0.05) is 6.04 Å². The van der Waals surface area contributed by atoms with Crippen molar-refractivity contribution >= 4 is 0 Å². The first-order valence-electron chi connectivity index (χ1n) is 8.35. The molecule has 1 aromatic rings. The second-order valence-corrected chi connectivity index (χ2v) is 6.83. The lowest BCUT2D eigenvalue weighted by Gasteiger charge is -2.52. The Balaban J connectivity index is 2.16. The van der Waals surface area contributed by atoms with E-state index in [1.54, 1.807) is 12.1 Å². The van der Waals surface area contributed by atoms with Crippen LogP contribution >= 0.6 is 0 Å². The van der Waals surface area contributed by atoms with Crippen molar-refractivity contribution < 1.29 is 13.9 Å². The molecule has 1 saturated carbocycles. The van der Waals surface area contributed by atoms with Gasteiger partial charge in [-0.25, -0.2) is 8.78 Å². The van der Waals surface area contributed by atoms with E-state index in [-0.39, 0.29) is 16.7 Å². The van der Waals surface area contributed by atoms with E-state index >= 15 is 0 Å². The number of alkyl halides is 2. The third kappa shape index (κ3) is 2.23. The maximum atomic E-state index is 13.1. The number of fused-ring (bicyclic) bond motifs is 3. The molecule has 0 aromatic heterocycles. The summed E-state index contributed by atoms with van der Waals surface area (Å²) >= 11 is 0. The second kappa shape index (κ2) is 5.80. The van der Waals surface area contributed by atoms with Crippen LogP contribution in [-0.4, -0.2) is 18.2 Å². The highest BCUT2D eigenvalue weighted by molar-refractivity contribution is 5.49. The Morgan fingerprint density at radius 3 is 2.77 bits per heavy atom. The highest BCUT2D eigenvalue weighted by atomic mass is 19.3. The zero-order valence-electron chi connectivity index (χ0n) is 13.3. The Morgan fingerprint density at radius 1 is 1.36 bits per heavy atom. The Labute approximate surface area is 130 Å². The minimum Gasteiger partial charge on any atom is -0.507 e. The van der Waals surface area contributed by atoms with Crippen molar-refractivity contribution in [1.82, 2.24) is 5.32 Å². The lowest BCUT2D eigenvalue weighted by molar-refractivity contribution is 0.119. The van der Waals surface area contributed by atoms with E-state index in [2.05, 4.69) is 12.2 Å². The molecule has 0 saturated heterocycles. The van der Waals surface area contributed by atoms with Crippen LogP contribution in [0.4, 0.5) is 8.78 Å². The van der Waals surface area contributed by atoms with Crippen LogP contribution in [-0.2, 0) is 11.8 Å². The third-order valence-corrected chi connectivity index (χ3v) is 6.05. The van der Waals surface area contributed by atoms with Crippen LogP contribution in [0.15, 0.2) is 12.1 Å². The fourth-order valence-corrected chi connectivity index (χ4v) is 4.96. The Kier molecular flexibility index (Phi) is 4.15. The van der Waals surface area contributed by atoms with E-state index in [1.165, 1.54) is 19.3 Å². The molecule has 3 atom stereocenters. The van der Waals surface area contributed by atoms with Crippen molar-refractivity contribution in [3.05, 3.63) is 28.8 Å². The monoisotopic (exact) mass is 309 g/mol. The number of benzene rings is 1. The van der Waals surface area contributed by atoms with E-state index in [0.717, 1.165) is 30.4 Å². The molecular formula is C18H25F2NO. The number of aromatic hydroxyl groups is 1. The first-order chi connectivity index (χ1) is 10.5. The van der Waals surface area contributed by atoms with E-state index in [1.807, 2.05) is 7.05 Å². The van der Waals surface area contributed by atoms with Crippen LogP contribution in [0.3, 0.4) is 0 Å². The third-order valence-electron chi connectivity index (χ3n) is 6.05. The van der Waals surface area contributed by atoms with E-state index in [9.17, 15) is 13.9 Å². The zero-order chi connectivity index (χ0) is 15.9. The van der Waals surface area contributed by atoms with Crippen molar-refractivity contribution in [2.45, 2.75) is 63.3 Å². The topological polar surface area (TPSA) is 32.3 Å². The molecule has 0 radical (unpaired) electrons. The largest absolute Gasteiger partial charge is 0.507 e. The molecule has 2 aliphatic rings. The molecule has 22 heavy (non-hydrogen) atoms. The van der Waals surface area contributed by atoms with Gasteiger partial charge in [0.2, 0.25) is 0 Å². The number of rotatable bonds is 3. The van der Waals surface area contributed by atoms with Gasteiger partial charge in [-0.15, -0.1) is 0 Å². The quantitative estimate of drug-likeness (QED) is 0.872. The molecule has 2 N–H and O–H groups in total. The van der Waals surface area contributed by atoms with E-state index in [0.29, 0.717) is 12.0 Å². The number of likely N-dealkylation sites (N-methyl/N-ethyl adjacent to an activating group) is 1. The Morgan fingerprint density at radius 2 is 2.14 bits per heavy atom. The number of halogens is 2. The van der Waals surface area contributed by atoms with Gasteiger partial charge in [0.15, 0.2) is 0 Å². The molecule has 0 bridgehead atoms. The van der Waals surface area contributed by atoms with Gasteiger partial charge in [-0.05, 0) is 67.3 Å². The van der Waals surface area contributed by atoms with Crippen LogP contribution in [0.1, 0.15) is 62.1 Å². The molecule has 0 aliphatic heterocycles. The number of hydrogen-bond acceptors (Lipinski definition) is 2. The normalized spacial score (nSPS) is 31.0. The highest BCUT2D eigenvalue weighted by Gasteiger charge is 2.48. The smallest absolute Gasteiger partial charge is 0.267 e. The fraction of sp³-hybridized carbons (Fsp3) is 0.667. The van der Waals surface area contributed by atoms with Crippen LogP contribution < -0.4 is 5.32 Å². The van der Waals surface area contributed by atoms with Gasteiger partial charge in [0.05, 0.1) is 5.56 Å². The fourth-order valence-electron chi connectivity index (χ4n) is 4.96. The SMILES string of the molecule is CC[C@@]12CCCC[C@@H]1[C@@H](NC)Cc1cc(C(F)F)c(O)cc12. The molecule has 3 rings (SSSR count). The standard InChI is InChI=1S/C18H25F2NO/c1-3-18-7-5-4-6-13(18)15(21-2)9-11-8-12(17(19)20)16(22)10-14(11)18/h8,10,13,15,17,21-22H,3-7,9H2,1-2H3/t13-,15+,18-/m1/s1. The van der Waals surface area contributed by atoms with Crippen molar-refractivity contribution in [3.8, 4) is 5.75 Å². The minimum atomic E-state index is -2.63. The second-order valence-electron chi connectivity index (χ2n) is 6.83. The average molecular weight is 309 g/mol. The zero-order valence-corrected chi connectivity index (χ0v) is 13.3. The predicted octanol–water partition coefficient (Wildman–Crippen LogP) is 4.31. The molecule has 0 unspecified atom stereocenters. The van der Waals surface area contributed by atoms with Crippen molar-refractivity contribution in [3.63, 3.8) is 0 Å². The van der Waals surface area contributed by atoms with Gasteiger partial charge in [-0.3, -0.25) is 0 Å². The summed E-state index contributed by atoms with van der Waals surface area (Å²) in [7, 11) is 1.97. The summed E-state index contributed by atoms with van der Waals surface area (Å²) in [4.78, 5) is 0. The van der Waals surface area contributed by atoms with Gasteiger partial charge in [0.25, 0.3) is 6.43 Å². The van der Waals surface area contributed by atoms with Crippen LogP contribution in [0.5, 0.6) is 5.75 Å². The maximum absolute atomic E-state index is 13.1.